The van der Waals surface area contributed by atoms with Crippen molar-refractivity contribution in [2.45, 2.75) is 32.7 Å². The summed E-state index contributed by atoms with van der Waals surface area (Å²) in [7, 11) is 0. The molecule has 1 nitrogen and oxygen atoms in total. The lowest BCUT2D eigenvalue weighted by Crippen LogP contribution is -2.34. The Morgan fingerprint density at radius 2 is 2.23 bits per heavy atom. The summed E-state index contributed by atoms with van der Waals surface area (Å²) < 4.78 is 0. The fourth-order valence-electron chi connectivity index (χ4n) is 1.45. The van der Waals surface area contributed by atoms with Crippen LogP contribution in [0.25, 0.3) is 0 Å². The van der Waals surface area contributed by atoms with Gasteiger partial charge in [0.1, 0.15) is 0 Å². The Labute approximate surface area is 81.0 Å². The Kier molecular flexibility index (Phi) is 2.77. The number of allylic oxidation sites excluding steroid dienone is 3. The molecule has 0 fully saturated rings. The SMILES string of the molecule is C=C(C)C1C=C(C(C)(C)N)C=CC1. The molecule has 1 rings (SSSR count). The first-order valence-electron chi connectivity index (χ1n) is 4.74. The van der Waals surface area contributed by atoms with Gasteiger partial charge < -0.3 is 5.73 Å². The van der Waals surface area contributed by atoms with Crippen LogP contribution in [0.4, 0.5) is 0 Å². The fraction of sp³-hybridized carbons (Fsp3) is 0.500. The average molecular weight is 177 g/mol. The van der Waals surface area contributed by atoms with Gasteiger partial charge in [0, 0.05) is 11.5 Å². The molecule has 0 saturated carbocycles. The fourth-order valence-corrected chi connectivity index (χ4v) is 1.45. The van der Waals surface area contributed by atoms with Crippen LogP contribution in [0.5, 0.6) is 0 Å². The minimum atomic E-state index is -0.232. The van der Waals surface area contributed by atoms with E-state index in [1.165, 1.54) is 11.1 Å². The van der Waals surface area contributed by atoms with Gasteiger partial charge in [0.05, 0.1) is 0 Å². The van der Waals surface area contributed by atoms with E-state index in [1.807, 2.05) is 13.8 Å². The van der Waals surface area contributed by atoms with Gasteiger partial charge in [-0.1, -0.05) is 30.4 Å². The molecule has 0 bridgehead atoms. The monoisotopic (exact) mass is 177 g/mol. The average Bonchev–Trinajstić information content (AvgIpc) is 2.03. The molecular weight excluding hydrogens is 158 g/mol. The van der Waals surface area contributed by atoms with E-state index >= 15 is 0 Å². The highest BCUT2D eigenvalue weighted by Crippen LogP contribution is 2.26. The maximum absolute atomic E-state index is 6.02. The second kappa shape index (κ2) is 3.51. The lowest BCUT2D eigenvalue weighted by atomic mass is 9.84. The minimum absolute atomic E-state index is 0.232. The van der Waals surface area contributed by atoms with E-state index in [0.717, 1.165) is 6.42 Å². The van der Waals surface area contributed by atoms with Crippen LogP contribution < -0.4 is 5.73 Å². The van der Waals surface area contributed by atoms with E-state index in [0.29, 0.717) is 5.92 Å². The van der Waals surface area contributed by atoms with Gasteiger partial charge in [0.25, 0.3) is 0 Å². The molecule has 0 saturated heterocycles. The Hall–Kier alpha value is -0.820. The van der Waals surface area contributed by atoms with Crippen LogP contribution in [0.3, 0.4) is 0 Å². The Balaban J connectivity index is 2.87. The van der Waals surface area contributed by atoms with Crippen molar-refractivity contribution in [2.24, 2.45) is 11.7 Å². The molecule has 1 aliphatic rings. The lowest BCUT2D eigenvalue weighted by molar-refractivity contribution is 0.606. The molecule has 0 aliphatic heterocycles. The zero-order valence-electron chi connectivity index (χ0n) is 8.80. The highest BCUT2D eigenvalue weighted by atomic mass is 14.7. The van der Waals surface area contributed by atoms with Crippen molar-refractivity contribution in [3.8, 4) is 0 Å². The van der Waals surface area contributed by atoms with Gasteiger partial charge in [-0.25, -0.2) is 0 Å². The second-order valence-electron chi connectivity index (χ2n) is 4.43. The summed E-state index contributed by atoms with van der Waals surface area (Å²) in [6.45, 7) is 10.1. The van der Waals surface area contributed by atoms with E-state index in [-0.39, 0.29) is 5.54 Å². The van der Waals surface area contributed by atoms with Crippen molar-refractivity contribution in [1.82, 2.24) is 0 Å². The maximum Gasteiger partial charge on any atom is 0.0349 e. The van der Waals surface area contributed by atoms with E-state index in [4.69, 9.17) is 5.73 Å². The maximum atomic E-state index is 6.02. The quantitative estimate of drug-likeness (QED) is 0.645. The van der Waals surface area contributed by atoms with Gasteiger partial charge in [0.2, 0.25) is 0 Å². The second-order valence-corrected chi connectivity index (χ2v) is 4.43. The van der Waals surface area contributed by atoms with Gasteiger partial charge in [-0.05, 0) is 32.8 Å². The van der Waals surface area contributed by atoms with Crippen molar-refractivity contribution < 1.29 is 0 Å². The summed E-state index contributed by atoms with van der Waals surface area (Å²) >= 11 is 0. The topological polar surface area (TPSA) is 26.0 Å². The predicted octanol–water partition coefficient (Wildman–Crippen LogP) is 2.80. The molecule has 2 N–H and O–H groups in total. The third-order valence-corrected chi connectivity index (χ3v) is 2.45. The molecule has 0 aromatic carbocycles. The smallest absolute Gasteiger partial charge is 0.0349 e. The van der Waals surface area contributed by atoms with Crippen molar-refractivity contribution in [2.75, 3.05) is 0 Å². The van der Waals surface area contributed by atoms with E-state index in [9.17, 15) is 0 Å². The zero-order chi connectivity index (χ0) is 10.1. The largest absolute Gasteiger partial charge is 0.322 e. The molecule has 1 aliphatic carbocycles. The van der Waals surface area contributed by atoms with E-state index in [1.54, 1.807) is 0 Å². The number of hydrogen-bond donors (Lipinski definition) is 1. The molecule has 0 amide bonds. The van der Waals surface area contributed by atoms with Crippen molar-refractivity contribution >= 4 is 0 Å². The van der Waals surface area contributed by atoms with Gasteiger partial charge >= 0.3 is 0 Å². The Bertz CT molecular complexity index is 263. The molecule has 13 heavy (non-hydrogen) atoms. The number of nitrogens with two attached hydrogens (primary N) is 1. The highest BCUT2D eigenvalue weighted by Gasteiger charge is 2.19. The van der Waals surface area contributed by atoms with Crippen molar-refractivity contribution in [3.05, 3.63) is 36.0 Å². The van der Waals surface area contributed by atoms with Crippen LogP contribution in [0.2, 0.25) is 0 Å². The summed E-state index contributed by atoms with van der Waals surface area (Å²) in [6.07, 6.45) is 7.61. The molecule has 1 heteroatoms. The Morgan fingerprint density at radius 1 is 1.62 bits per heavy atom. The van der Waals surface area contributed by atoms with Crippen LogP contribution in [0.15, 0.2) is 36.0 Å². The third kappa shape index (κ3) is 2.56. The summed E-state index contributed by atoms with van der Waals surface area (Å²) in [4.78, 5) is 0. The molecule has 72 valence electrons. The van der Waals surface area contributed by atoms with Gasteiger partial charge in [-0.2, -0.15) is 0 Å². The summed E-state index contributed by atoms with van der Waals surface area (Å²) in [5.41, 5.74) is 8.22. The summed E-state index contributed by atoms with van der Waals surface area (Å²) in [5, 5.41) is 0. The van der Waals surface area contributed by atoms with Gasteiger partial charge in [0.15, 0.2) is 0 Å². The van der Waals surface area contributed by atoms with Crippen LogP contribution in [-0.4, -0.2) is 5.54 Å². The molecule has 1 unspecified atom stereocenters. The first-order chi connectivity index (χ1) is 5.91. The van der Waals surface area contributed by atoms with Crippen LogP contribution >= 0.6 is 0 Å². The molecule has 0 radical (unpaired) electrons. The lowest BCUT2D eigenvalue weighted by Gasteiger charge is -2.25. The normalized spacial score (nSPS) is 22.8. The van der Waals surface area contributed by atoms with Crippen LogP contribution in [0.1, 0.15) is 27.2 Å². The number of rotatable bonds is 2. The molecule has 0 heterocycles. The summed E-state index contributed by atoms with van der Waals surface area (Å²) in [5.74, 6) is 0.475. The first kappa shape index (κ1) is 10.3. The third-order valence-electron chi connectivity index (χ3n) is 2.45. The molecule has 0 aromatic heterocycles. The van der Waals surface area contributed by atoms with E-state index in [2.05, 4.69) is 31.7 Å². The molecule has 1 atom stereocenters. The molecule has 0 spiro atoms. The minimum Gasteiger partial charge on any atom is -0.322 e. The van der Waals surface area contributed by atoms with E-state index < -0.39 is 0 Å². The van der Waals surface area contributed by atoms with Crippen LogP contribution in [-0.2, 0) is 0 Å². The van der Waals surface area contributed by atoms with Crippen molar-refractivity contribution in [3.63, 3.8) is 0 Å². The first-order valence-corrected chi connectivity index (χ1v) is 4.74. The molecular formula is C12H19N. The summed E-state index contributed by atoms with van der Waals surface area (Å²) in [6, 6.07) is 0. The van der Waals surface area contributed by atoms with Gasteiger partial charge in [-0.15, -0.1) is 0 Å². The molecule has 0 aromatic rings. The predicted molar refractivity (Wildman–Crippen MR) is 58.4 cm³/mol. The number of hydrogen-bond acceptors (Lipinski definition) is 1. The Morgan fingerprint density at radius 3 is 2.69 bits per heavy atom. The van der Waals surface area contributed by atoms with Crippen LogP contribution in [0, 0.1) is 5.92 Å². The highest BCUT2D eigenvalue weighted by molar-refractivity contribution is 5.34. The van der Waals surface area contributed by atoms with Gasteiger partial charge in [-0.3, -0.25) is 0 Å². The standard InChI is InChI=1S/C12H19N/c1-9(2)10-6-5-7-11(8-10)12(3,4)13/h5,7-8,10H,1,6,13H2,2-4H3. The zero-order valence-corrected chi connectivity index (χ0v) is 8.80. The van der Waals surface area contributed by atoms with Crippen molar-refractivity contribution in [1.29, 1.82) is 0 Å².